The molecule has 0 aliphatic heterocycles. The summed E-state index contributed by atoms with van der Waals surface area (Å²) >= 11 is 3.23. The number of halogens is 2. The summed E-state index contributed by atoms with van der Waals surface area (Å²) in [4.78, 5) is 3.07. The third kappa shape index (κ3) is 1.14. The monoisotopic (exact) mass is 227 g/mol. The third-order valence-electron chi connectivity index (χ3n) is 1.79. The quantitative estimate of drug-likeness (QED) is 0.711. The number of fused-ring (bicyclic) bond motifs is 1. The molecule has 12 heavy (non-hydrogen) atoms. The van der Waals surface area contributed by atoms with Crippen molar-refractivity contribution in [1.29, 1.82) is 0 Å². The van der Waals surface area contributed by atoms with Gasteiger partial charge in [-0.05, 0) is 25.1 Å². The fourth-order valence-electron chi connectivity index (χ4n) is 1.30. The molecule has 3 heteroatoms. The average molecular weight is 228 g/mol. The Hall–Kier alpha value is -0.830. The van der Waals surface area contributed by atoms with Crippen LogP contribution < -0.4 is 0 Å². The summed E-state index contributed by atoms with van der Waals surface area (Å²) in [6.45, 7) is 1.91. The van der Waals surface area contributed by atoms with Crippen molar-refractivity contribution in [2.24, 2.45) is 0 Å². The van der Waals surface area contributed by atoms with Crippen LogP contribution in [-0.4, -0.2) is 4.98 Å². The number of aromatic amines is 1. The van der Waals surface area contributed by atoms with Gasteiger partial charge in [-0.1, -0.05) is 15.9 Å². The van der Waals surface area contributed by atoms with E-state index >= 15 is 0 Å². The zero-order valence-electron chi connectivity index (χ0n) is 6.49. The van der Waals surface area contributed by atoms with Crippen molar-refractivity contribution in [2.45, 2.75) is 6.92 Å². The number of nitrogens with one attached hydrogen (secondary N) is 1. The van der Waals surface area contributed by atoms with Crippen LogP contribution in [0, 0.1) is 12.7 Å². The molecule has 0 aliphatic carbocycles. The number of rotatable bonds is 0. The standard InChI is InChI=1S/C9H7BrFN/c1-5-2-7-8(11)3-6(10)4-9(7)12-5/h2-4,12H,1H3. The van der Waals surface area contributed by atoms with E-state index in [4.69, 9.17) is 0 Å². The number of benzene rings is 1. The van der Waals surface area contributed by atoms with Gasteiger partial charge in [0.05, 0.1) is 0 Å². The molecule has 1 aromatic carbocycles. The van der Waals surface area contributed by atoms with Crippen LogP contribution in [0.4, 0.5) is 4.39 Å². The van der Waals surface area contributed by atoms with Gasteiger partial charge in [0.15, 0.2) is 0 Å². The van der Waals surface area contributed by atoms with Crippen LogP contribution >= 0.6 is 15.9 Å². The summed E-state index contributed by atoms with van der Waals surface area (Å²) in [5.41, 5.74) is 1.81. The lowest BCUT2D eigenvalue weighted by Crippen LogP contribution is -1.75. The molecular formula is C9H7BrFN. The summed E-state index contributed by atoms with van der Waals surface area (Å²) < 4.78 is 14.0. The average Bonchev–Trinajstić information content (AvgIpc) is 2.29. The molecular weight excluding hydrogens is 221 g/mol. The van der Waals surface area contributed by atoms with Crippen molar-refractivity contribution in [3.63, 3.8) is 0 Å². The van der Waals surface area contributed by atoms with Crippen LogP contribution in [0.3, 0.4) is 0 Å². The summed E-state index contributed by atoms with van der Waals surface area (Å²) in [7, 11) is 0. The Balaban J connectivity index is 2.88. The van der Waals surface area contributed by atoms with Gasteiger partial charge < -0.3 is 4.98 Å². The molecule has 0 saturated heterocycles. The van der Waals surface area contributed by atoms with Crippen molar-refractivity contribution in [2.75, 3.05) is 0 Å². The Morgan fingerprint density at radius 3 is 2.83 bits per heavy atom. The maximum atomic E-state index is 13.2. The van der Waals surface area contributed by atoms with E-state index in [0.29, 0.717) is 5.39 Å². The second-order valence-corrected chi connectivity index (χ2v) is 3.72. The molecule has 0 saturated carbocycles. The summed E-state index contributed by atoms with van der Waals surface area (Å²) in [6.07, 6.45) is 0. The van der Waals surface area contributed by atoms with E-state index in [9.17, 15) is 4.39 Å². The first-order valence-corrected chi connectivity index (χ1v) is 4.40. The Kier molecular flexibility index (Phi) is 1.68. The zero-order valence-corrected chi connectivity index (χ0v) is 8.07. The lowest BCUT2D eigenvalue weighted by Gasteiger charge is -1.93. The van der Waals surface area contributed by atoms with Gasteiger partial charge in [0.25, 0.3) is 0 Å². The maximum absolute atomic E-state index is 13.2. The largest absolute Gasteiger partial charge is 0.359 e. The second kappa shape index (κ2) is 2.59. The third-order valence-corrected chi connectivity index (χ3v) is 2.24. The molecule has 2 aromatic rings. The first kappa shape index (κ1) is 7.80. The normalized spacial score (nSPS) is 10.9. The molecule has 1 aromatic heterocycles. The molecule has 62 valence electrons. The Morgan fingerprint density at radius 2 is 2.08 bits per heavy atom. The van der Waals surface area contributed by atoms with Crippen molar-refractivity contribution in [3.05, 3.63) is 34.2 Å². The van der Waals surface area contributed by atoms with Crippen molar-refractivity contribution < 1.29 is 4.39 Å². The minimum absolute atomic E-state index is 0.191. The molecule has 1 nitrogen and oxygen atoms in total. The van der Waals surface area contributed by atoms with Gasteiger partial charge >= 0.3 is 0 Å². The van der Waals surface area contributed by atoms with Gasteiger partial charge in [-0.15, -0.1) is 0 Å². The first-order chi connectivity index (χ1) is 5.66. The molecule has 0 fully saturated rings. The van der Waals surface area contributed by atoms with E-state index in [-0.39, 0.29) is 5.82 Å². The molecule has 0 atom stereocenters. The highest BCUT2D eigenvalue weighted by atomic mass is 79.9. The molecule has 2 rings (SSSR count). The number of hydrogen-bond acceptors (Lipinski definition) is 0. The van der Waals surface area contributed by atoms with Crippen LogP contribution in [0.1, 0.15) is 5.69 Å². The van der Waals surface area contributed by atoms with Gasteiger partial charge in [0.1, 0.15) is 5.82 Å². The first-order valence-electron chi connectivity index (χ1n) is 3.61. The summed E-state index contributed by atoms with van der Waals surface area (Å²) in [6, 6.07) is 5.14. The van der Waals surface area contributed by atoms with Crippen molar-refractivity contribution in [3.8, 4) is 0 Å². The molecule has 1 N–H and O–H groups in total. The van der Waals surface area contributed by atoms with E-state index < -0.39 is 0 Å². The van der Waals surface area contributed by atoms with Gasteiger partial charge in [-0.3, -0.25) is 0 Å². The summed E-state index contributed by atoms with van der Waals surface area (Å²) in [5.74, 6) is -0.191. The molecule has 0 amide bonds. The van der Waals surface area contributed by atoms with Crippen LogP contribution in [0.15, 0.2) is 22.7 Å². The number of H-pyrrole nitrogens is 1. The van der Waals surface area contributed by atoms with Crippen LogP contribution in [0.5, 0.6) is 0 Å². The Bertz CT molecular complexity index is 433. The molecule has 0 aliphatic rings. The van der Waals surface area contributed by atoms with E-state index in [1.807, 2.05) is 13.0 Å². The van der Waals surface area contributed by atoms with Crippen LogP contribution in [0.2, 0.25) is 0 Å². The van der Waals surface area contributed by atoms with Gasteiger partial charge in [0, 0.05) is 21.1 Å². The predicted molar refractivity (Wildman–Crippen MR) is 50.7 cm³/mol. The highest BCUT2D eigenvalue weighted by molar-refractivity contribution is 9.10. The van der Waals surface area contributed by atoms with Crippen molar-refractivity contribution >= 4 is 26.8 Å². The minimum atomic E-state index is -0.191. The van der Waals surface area contributed by atoms with E-state index in [1.54, 1.807) is 6.07 Å². The molecule has 0 unspecified atom stereocenters. The maximum Gasteiger partial charge on any atom is 0.133 e. The molecule has 0 bridgehead atoms. The lowest BCUT2D eigenvalue weighted by atomic mass is 10.2. The highest BCUT2D eigenvalue weighted by Crippen LogP contribution is 2.23. The highest BCUT2D eigenvalue weighted by Gasteiger charge is 2.04. The van der Waals surface area contributed by atoms with Crippen LogP contribution in [-0.2, 0) is 0 Å². The topological polar surface area (TPSA) is 15.8 Å². The fourth-order valence-corrected chi connectivity index (χ4v) is 1.73. The number of aromatic nitrogens is 1. The smallest absolute Gasteiger partial charge is 0.133 e. The lowest BCUT2D eigenvalue weighted by molar-refractivity contribution is 0.639. The Labute approximate surface area is 77.7 Å². The molecule has 0 spiro atoms. The zero-order chi connectivity index (χ0) is 8.72. The second-order valence-electron chi connectivity index (χ2n) is 2.80. The predicted octanol–water partition coefficient (Wildman–Crippen LogP) is 3.38. The fraction of sp³-hybridized carbons (Fsp3) is 0.111. The molecule has 0 radical (unpaired) electrons. The van der Waals surface area contributed by atoms with Crippen molar-refractivity contribution in [1.82, 2.24) is 4.98 Å². The van der Waals surface area contributed by atoms with E-state index in [2.05, 4.69) is 20.9 Å². The number of aryl methyl sites for hydroxylation is 1. The molecule has 1 heterocycles. The number of hydrogen-bond donors (Lipinski definition) is 1. The Morgan fingerprint density at radius 1 is 1.33 bits per heavy atom. The van der Waals surface area contributed by atoms with E-state index in [0.717, 1.165) is 15.7 Å². The SMILES string of the molecule is Cc1cc2c(F)cc(Br)cc2[nH]1. The van der Waals surface area contributed by atoms with Crippen LogP contribution in [0.25, 0.3) is 10.9 Å². The van der Waals surface area contributed by atoms with Gasteiger partial charge in [0.2, 0.25) is 0 Å². The summed E-state index contributed by atoms with van der Waals surface area (Å²) in [5, 5.41) is 0.649. The van der Waals surface area contributed by atoms with Gasteiger partial charge in [-0.2, -0.15) is 0 Å². The van der Waals surface area contributed by atoms with Gasteiger partial charge in [-0.25, -0.2) is 4.39 Å². The van der Waals surface area contributed by atoms with E-state index in [1.165, 1.54) is 6.07 Å². The minimum Gasteiger partial charge on any atom is -0.359 e.